The lowest BCUT2D eigenvalue weighted by Crippen LogP contribution is -2.46. The van der Waals surface area contributed by atoms with E-state index in [0.717, 1.165) is 12.8 Å². The number of carbonyl (C=O) groups is 3. The van der Waals surface area contributed by atoms with Gasteiger partial charge >= 0.3 is 12.1 Å². The van der Waals surface area contributed by atoms with Crippen molar-refractivity contribution in [2.24, 2.45) is 5.92 Å². The molecule has 0 saturated carbocycles. The van der Waals surface area contributed by atoms with E-state index >= 15 is 0 Å². The van der Waals surface area contributed by atoms with Gasteiger partial charge < -0.3 is 26.2 Å². The maximum absolute atomic E-state index is 12.6. The summed E-state index contributed by atoms with van der Waals surface area (Å²) >= 11 is 0. The molecule has 1 unspecified atom stereocenters. The fourth-order valence-electron chi connectivity index (χ4n) is 3.35. The molecule has 0 spiro atoms. The molecule has 1 saturated heterocycles. The van der Waals surface area contributed by atoms with Crippen LogP contribution in [0.3, 0.4) is 0 Å². The van der Waals surface area contributed by atoms with Crippen LogP contribution in [0.4, 0.5) is 26.7 Å². The highest BCUT2D eigenvalue weighted by atomic mass is 16.2. The van der Waals surface area contributed by atoms with E-state index in [1.54, 1.807) is 41.3 Å². The summed E-state index contributed by atoms with van der Waals surface area (Å²) in [7, 11) is 0. The van der Waals surface area contributed by atoms with Crippen LogP contribution < -0.4 is 21.3 Å². The number of carbonyl (C=O) groups excluding carboxylic acids is 3. The molecule has 30 heavy (non-hydrogen) atoms. The number of urea groups is 2. The summed E-state index contributed by atoms with van der Waals surface area (Å²) < 4.78 is 0. The number of hydrogen-bond acceptors (Lipinski definition) is 3. The van der Waals surface area contributed by atoms with E-state index in [1.807, 2.05) is 25.1 Å². The number of hydrogen-bond donors (Lipinski definition) is 4. The van der Waals surface area contributed by atoms with Crippen LogP contribution in [0.5, 0.6) is 0 Å². The van der Waals surface area contributed by atoms with Crippen LogP contribution in [0.1, 0.15) is 19.8 Å². The average molecular weight is 409 g/mol. The summed E-state index contributed by atoms with van der Waals surface area (Å²) in [5.74, 6) is -0.168. The molecular weight excluding hydrogens is 382 g/mol. The molecular formula is C22H27N5O3. The van der Waals surface area contributed by atoms with E-state index in [0.29, 0.717) is 36.7 Å². The Hall–Kier alpha value is -3.55. The van der Waals surface area contributed by atoms with Crippen molar-refractivity contribution in [2.45, 2.75) is 19.8 Å². The Morgan fingerprint density at radius 3 is 2.13 bits per heavy atom. The smallest absolute Gasteiger partial charge is 0.323 e. The first-order valence-electron chi connectivity index (χ1n) is 10.1. The number of nitrogens with one attached hydrogen (secondary N) is 4. The van der Waals surface area contributed by atoms with Gasteiger partial charge in [-0.15, -0.1) is 0 Å². The van der Waals surface area contributed by atoms with E-state index in [9.17, 15) is 14.4 Å². The first-order valence-corrected chi connectivity index (χ1v) is 10.1. The fourth-order valence-corrected chi connectivity index (χ4v) is 3.35. The molecule has 0 bridgehead atoms. The molecule has 1 aliphatic heterocycles. The Bertz CT molecular complexity index is 870. The number of likely N-dealkylation sites (tertiary alicyclic amines) is 1. The van der Waals surface area contributed by atoms with E-state index in [4.69, 9.17) is 0 Å². The van der Waals surface area contributed by atoms with Crippen molar-refractivity contribution in [3.8, 4) is 0 Å². The molecule has 2 aromatic rings. The number of para-hydroxylation sites is 1. The van der Waals surface area contributed by atoms with Crippen LogP contribution in [-0.4, -0.2) is 42.5 Å². The van der Waals surface area contributed by atoms with Gasteiger partial charge in [-0.05, 0) is 56.2 Å². The Balaban J connectivity index is 1.50. The van der Waals surface area contributed by atoms with Crippen molar-refractivity contribution in [3.05, 3.63) is 54.6 Å². The second-order valence-electron chi connectivity index (χ2n) is 7.13. The number of nitrogens with zero attached hydrogens (tertiary/aromatic N) is 1. The van der Waals surface area contributed by atoms with E-state index < -0.39 is 0 Å². The average Bonchev–Trinajstić information content (AvgIpc) is 2.76. The van der Waals surface area contributed by atoms with Crippen LogP contribution in [0.15, 0.2) is 54.6 Å². The fraction of sp³-hybridized carbons (Fsp3) is 0.318. The van der Waals surface area contributed by atoms with Crippen molar-refractivity contribution >= 4 is 35.0 Å². The number of anilines is 3. The van der Waals surface area contributed by atoms with Crippen molar-refractivity contribution in [3.63, 3.8) is 0 Å². The standard InChI is InChI=1S/C22H27N5O3/c1-2-23-20(28)16-7-6-14-27(15-16)22(30)26-19-12-10-18(11-13-19)25-21(29)24-17-8-4-3-5-9-17/h3-5,8-13,16H,2,6-7,14-15H2,1H3,(H,23,28)(H,26,30)(H2,24,25,29). The molecule has 1 heterocycles. The zero-order chi connectivity index (χ0) is 21.3. The highest BCUT2D eigenvalue weighted by Crippen LogP contribution is 2.19. The predicted molar refractivity (Wildman–Crippen MR) is 118 cm³/mol. The summed E-state index contributed by atoms with van der Waals surface area (Å²) in [6.45, 7) is 3.51. The molecule has 8 nitrogen and oxygen atoms in total. The normalized spacial score (nSPS) is 15.8. The Labute approximate surface area is 176 Å². The van der Waals surface area contributed by atoms with Gasteiger partial charge in [-0.1, -0.05) is 18.2 Å². The van der Waals surface area contributed by atoms with Gasteiger partial charge in [0.05, 0.1) is 5.92 Å². The topological polar surface area (TPSA) is 103 Å². The van der Waals surface area contributed by atoms with Crippen molar-refractivity contribution in [1.82, 2.24) is 10.2 Å². The molecule has 5 amide bonds. The molecule has 0 aromatic heterocycles. The minimum Gasteiger partial charge on any atom is -0.356 e. The summed E-state index contributed by atoms with van der Waals surface area (Å²) in [5, 5.41) is 11.2. The van der Waals surface area contributed by atoms with Crippen molar-refractivity contribution < 1.29 is 14.4 Å². The van der Waals surface area contributed by atoms with Crippen LogP contribution in [0.25, 0.3) is 0 Å². The Morgan fingerprint density at radius 1 is 0.900 bits per heavy atom. The third-order valence-electron chi connectivity index (χ3n) is 4.86. The lowest BCUT2D eigenvalue weighted by molar-refractivity contribution is -0.126. The minimum atomic E-state index is -0.345. The summed E-state index contributed by atoms with van der Waals surface area (Å²) in [5.41, 5.74) is 1.93. The third kappa shape index (κ3) is 5.97. The van der Waals surface area contributed by atoms with Crippen molar-refractivity contribution in [2.75, 3.05) is 35.6 Å². The summed E-state index contributed by atoms with van der Waals surface area (Å²) in [6.07, 6.45) is 1.59. The van der Waals surface area contributed by atoms with Crippen LogP contribution in [0, 0.1) is 5.92 Å². The number of benzene rings is 2. The first-order chi connectivity index (χ1) is 14.5. The highest BCUT2D eigenvalue weighted by molar-refractivity contribution is 6.00. The summed E-state index contributed by atoms with van der Waals surface area (Å²) in [4.78, 5) is 38.3. The molecule has 4 N–H and O–H groups in total. The second-order valence-corrected chi connectivity index (χ2v) is 7.13. The van der Waals surface area contributed by atoms with E-state index in [2.05, 4.69) is 21.3 Å². The maximum atomic E-state index is 12.6. The highest BCUT2D eigenvalue weighted by Gasteiger charge is 2.28. The van der Waals surface area contributed by atoms with Gasteiger partial charge in [0.1, 0.15) is 0 Å². The van der Waals surface area contributed by atoms with Crippen LogP contribution in [-0.2, 0) is 4.79 Å². The first kappa shape index (κ1) is 21.2. The van der Waals surface area contributed by atoms with Crippen LogP contribution >= 0.6 is 0 Å². The lowest BCUT2D eigenvalue weighted by atomic mass is 9.97. The monoisotopic (exact) mass is 409 g/mol. The minimum absolute atomic E-state index is 0.000735. The van der Waals surface area contributed by atoms with Gasteiger partial charge in [-0.2, -0.15) is 0 Å². The van der Waals surface area contributed by atoms with Gasteiger partial charge in [-0.3, -0.25) is 4.79 Å². The SMILES string of the molecule is CCNC(=O)C1CCCN(C(=O)Nc2ccc(NC(=O)Nc3ccccc3)cc2)C1. The number of piperidine rings is 1. The van der Waals surface area contributed by atoms with E-state index in [-0.39, 0.29) is 23.9 Å². The molecule has 1 aliphatic rings. The number of amides is 5. The number of rotatable bonds is 5. The Kier molecular flexibility index (Phi) is 7.26. The third-order valence-corrected chi connectivity index (χ3v) is 4.86. The molecule has 0 radical (unpaired) electrons. The molecule has 2 aromatic carbocycles. The lowest BCUT2D eigenvalue weighted by Gasteiger charge is -2.32. The van der Waals surface area contributed by atoms with Gasteiger partial charge in [-0.25, -0.2) is 9.59 Å². The zero-order valence-corrected chi connectivity index (χ0v) is 17.0. The molecule has 158 valence electrons. The molecule has 3 rings (SSSR count). The quantitative estimate of drug-likeness (QED) is 0.605. The summed E-state index contributed by atoms with van der Waals surface area (Å²) in [6, 6.07) is 15.5. The van der Waals surface area contributed by atoms with Gasteiger partial charge in [0.15, 0.2) is 0 Å². The molecule has 0 aliphatic carbocycles. The molecule has 8 heteroatoms. The van der Waals surface area contributed by atoms with Gasteiger partial charge in [0.25, 0.3) is 0 Å². The van der Waals surface area contributed by atoms with Crippen LogP contribution in [0.2, 0.25) is 0 Å². The van der Waals surface area contributed by atoms with Gasteiger partial charge in [0, 0.05) is 36.7 Å². The molecule has 1 fully saturated rings. The maximum Gasteiger partial charge on any atom is 0.323 e. The largest absolute Gasteiger partial charge is 0.356 e. The predicted octanol–water partition coefficient (Wildman–Crippen LogP) is 3.71. The zero-order valence-electron chi connectivity index (χ0n) is 17.0. The van der Waals surface area contributed by atoms with Gasteiger partial charge in [0.2, 0.25) is 5.91 Å². The molecule has 1 atom stereocenters. The van der Waals surface area contributed by atoms with E-state index in [1.165, 1.54) is 0 Å². The second kappa shape index (κ2) is 10.3. The van der Waals surface area contributed by atoms with Crippen molar-refractivity contribution in [1.29, 1.82) is 0 Å². The Morgan fingerprint density at radius 2 is 1.50 bits per heavy atom.